The summed E-state index contributed by atoms with van der Waals surface area (Å²) in [6, 6.07) is 0. The van der Waals surface area contributed by atoms with Gasteiger partial charge in [-0.05, 0) is 50.9 Å². The van der Waals surface area contributed by atoms with Crippen LogP contribution >= 0.6 is 0 Å². The Morgan fingerprint density at radius 2 is 2.18 bits per heavy atom. The highest BCUT2D eigenvalue weighted by molar-refractivity contribution is 5.74. The fraction of sp³-hybridized carbons (Fsp3) is 0.650. The molecule has 3 atom stereocenters. The van der Waals surface area contributed by atoms with Crippen molar-refractivity contribution in [3.05, 3.63) is 36.0 Å². The minimum absolute atomic E-state index is 0.00333. The molecule has 2 aliphatic rings. The van der Waals surface area contributed by atoms with Crippen LogP contribution in [0.1, 0.15) is 52.9 Å². The molecule has 0 saturated carbocycles. The summed E-state index contributed by atoms with van der Waals surface area (Å²) in [5, 5.41) is 0. The first-order chi connectivity index (χ1) is 10.5. The van der Waals surface area contributed by atoms with E-state index in [-0.39, 0.29) is 11.9 Å². The van der Waals surface area contributed by atoms with E-state index in [0.29, 0.717) is 24.4 Å². The van der Waals surface area contributed by atoms with E-state index in [0.717, 1.165) is 32.1 Å². The Morgan fingerprint density at radius 1 is 1.41 bits per heavy atom. The largest absolute Gasteiger partial charge is 0.465 e. The van der Waals surface area contributed by atoms with Gasteiger partial charge in [0, 0.05) is 5.92 Å². The SMILES string of the molecule is C=C1CC/C=C(\C)CC[C@@H]2[C@@H]1COC(=O)[C@H]2C/C=C/C(C)C. The van der Waals surface area contributed by atoms with Crippen molar-refractivity contribution in [1.82, 2.24) is 0 Å². The average molecular weight is 302 g/mol. The lowest BCUT2D eigenvalue weighted by Crippen LogP contribution is -2.40. The van der Waals surface area contributed by atoms with Crippen LogP contribution in [0.2, 0.25) is 0 Å². The van der Waals surface area contributed by atoms with Crippen LogP contribution in [0.4, 0.5) is 0 Å². The molecule has 1 heterocycles. The van der Waals surface area contributed by atoms with Crippen molar-refractivity contribution in [2.75, 3.05) is 6.61 Å². The van der Waals surface area contributed by atoms with E-state index in [1.54, 1.807) is 0 Å². The maximum atomic E-state index is 12.3. The second-order valence-corrected chi connectivity index (χ2v) is 7.20. The highest BCUT2D eigenvalue weighted by Crippen LogP contribution is 2.40. The van der Waals surface area contributed by atoms with Gasteiger partial charge in [-0.15, -0.1) is 0 Å². The fourth-order valence-corrected chi connectivity index (χ4v) is 3.63. The van der Waals surface area contributed by atoms with E-state index in [2.05, 4.69) is 45.6 Å². The van der Waals surface area contributed by atoms with E-state index >= 15 is 0 Å². The second kappa shape index (κ2) is 7.80. The molecule has 1 aliphatic carbocycles. The minimum Gasteiger partial charge on any atom is -0.465 e. The molecular formula is C20H30O2. The van der Waals surface area contributed by atoms with E-state index < -0.39 is 0 Å². The first kappa shape index (κ1) is 17.1. The highest BCUT2D eigenvalue weighted by atomic mass is 16.5. The molecule has 2 heteroatoms. The number of cyclic esters (lactones) is 1. The monoisotopic (exact) mass is 302 g/mol. The molecule has 0 aromatic heterocycles. The number of rotatable bonds is 3. The number of carbonyl (C=O) groups is 1. The molecule has 2 rings (SSSR count). The van der Waals surface area contributed by atoms with Crippen LogP contribution in [0.15, 0.2) is 36.0 Å². The number of hydrogen-bond acceptors (Lipinski definition) is 2. The summed E-state index contributed by atoms with van der Waals surface area (Å²) in [4.78, 5) is 12.3. The van der Waals surface area contributed by atoms with Crippen LogP contribution in [0.3, 0.4) is 0 Å². The zero-order valence-electron chi connectivity index (χ0n) is 14.3. The normalized spacial score (nSPS) is 32.7. The van der Waals surface area contributed by atoms with Crippen molar-refractivity contribution in [2.24, 2.45) is 23.7 Å². The van der Waals surface area contributed by atoms with Crippen LogP contribution in [-0.2, 0) is 9.53 Å². The molecule has 0 radical (unpaired) electrons. The number of ether oxygens (including phenoxy) is 1. The number of esters is 1. The van der Waals surface area contributed by atoms with Crippen molar-refractivity contribution < 1.29 is 9.53 Å². The summed E-state index contributed by atoms with van der Waals surface area (Å²) in [6.45, 7) is 11.4. The zero-order chi connectivity index (χ0) is 16.1. The lowest BCUT2D eigenvalue weighted by Gasteiger charge is -2.37. The third-order valence-corrected chi connectivity index (χ3v) is 5.01. The van der Waals surface area contributed by atoms with Crippen LogP contribution in [0.25, 0.3) is 0 Å². The highest BCUT2D eigenvalue weighted by Gasteiger charge is 2.40. The molecule has 0 unspecified atom stereocenters. The van der Waals surface area contributed by atoms with E-state index in [1.807, 2.05) is 0 Å². The predicted molar refractivity (Wildman–Crippen MR) is 91.4 cm³/mol. The summed E-state index contributed by atoms with van der Waals surface area (Å²) in [6.07, 6.45) is 11.7. The third kappa shape index (κ3) is 4.34. The fourth-order valence-electron chi connectivity index (χ4n) is 3.63. The second-order valence-electron chi connectivity index (χ2n) is 7.20. The lowest BCUT2D eigenvalue weighted by atomic mass is 9.72. The lowest BCUT2D eigenvalue weighted by molar-refractivity contribution is -0.160. The summed E-state index contributed by atoms with van der Waals surface area (Å²) < 4.78 is 5.50. The van der Waals surface area contributed by atoms with Crippen LogP contribution in [-0.4, -0.2) is 12.6 Å². The Balaban J connectivity index is 2.17. The van der Waals surface area contributed by atoms with Gasteiger partial charge in [0.25, 0.3) is 0 Å². The van der Waals surface area contributed by atoms with Gasteiger partial charge in [0.15, 0.2) is 0 Å². The molecule has 2 nitrogen and oxygen atoms in total. The first-order valence-electron chi connectivity index (χ1n) is 8.65. The minimum atomic E-state index is -0.0108. The molecular weight excluding hydrogens is 272 g/mol. The molecule has 1 fully saturated rings. The summed E-state index contributed by atoms with van der Waals surface area (Å²) in [5.41, 5.74) is 2.71. The Bertz CT molecular complexity index is 470. The van der Waals surface area contributed by atoms with Gasteiger partial charge in [-0.25, -0.2) is 0 Å². The zero-order valence-corrected chi connectivity index (χ0v) is 14.3. The van der Waals surface area contributed by atoms with Gasteiger partial charge >= 0.3 is 5.97 Å². The molecule has 122 valence electrons. The van der Waals surface area contributed by atoms with E-state index in [4.69, 9.17) is 4.74 Å². The number of carbonyl (C=O) groups excluding carboxylic acids is 1. The molecule has 0 amide bonds. The predicted octanol–water partition coefficient (Wildman–Crippen LogP) is 5.07. The van der Waals surface area contributed by atoms with Gasteiger partial charge in [0.2, 0.25) is 0 Å². The third-order valence-electron chi connectivity index (χ3n) is 5.01. The van der Waals surface area contributed by atoms with Gasteiger partial charge in [0.1, 0.15) is 0 Å². The Hall–Kier alpha value is -1.31. The molecule has 0 bridgehead atoms. The molecule has 0 aromatic rings. The van der Waals surface area contributed by atoms with Crippen molar-refractivity contribution in [2.45, 2.75) is 52.9 Å². The van der Waals surface area contributed by atoms with Gasteiger partial charge in [0.05, 0.1) is 12.5 Å². The maximum absolute atomic E-state index is 12.3. The Morgan fingerprint density at radius 3 is 2.91 bits per heavy atom. The van der Waals surface area contributed by atoms with Gasteiger partial charge in [-0.1, -0.05) is 49.8 Å². The van der Waals surface area contributed by atoms with Gasteiger partial charge in [-0.3, -0.25) is 4.79 Å². The Labute approximate surface area is 135 Å². The topological polar surface area (TPSA) is 26.3 Å². The molecule has 22 heavy (non-hydrogen) atoms. The summed E-state index contributed by atoms with van der Waals surface area (Å²) in [5.74, 6) is 1.23. The summed E-state index contributed by atoms with van der Waals surface area (Å²) in [7, 11) is 0. The smallest absolute Gasteiger partial charge is 0.309 e. The first-order valence-corrected chi connectivity index (χ1v) is 8.65. The molecule has 0 aromatic carbocycles. The van der Waals surface area contributed by atoms with Crippen molar-refractivity contribution in [1.29, 1.82) is 0 Å². The van der Waals surface area contributed by atoms with Gasteiger partial charge in [-0.2, -0.15) is 0 Å². The van der Waals surface area contributed by atoms with Crippen molar-refractivity contribution in [3.63, 3.8) is 0 Å². The molecule has 1 saturated heterocycles. The van der Waals surface area contributed by atoms with Crippen LogP contribution < -0.4 is 0 Å². The molecule has 0 spiro atoms. The van der Waals surface area contributed by atoms with Crippen molar-refractivity contribution >= 4 is 5.97 Å². The quantitative estimate of drug-likeness (QED) is 0.537. The number of hydrogen-bond donors (Lipinski definition) is 0. The van der Waals surface area contributed by atoms with E-state index in [1.165, 1.54) is 11.1 Å². The van der Waals surface area contributed by atoms with Gasteiger partial charge < -0.3 is 4.74 Å². The number of fused-ring (bicyclic) bond motifs is 1. The van der Waals surface area contributed by atoms with E-state index in [9.17, 15) is 4.79 Å². The number of allylic oxidation sites excluding steroid dienone is 4. The molecule has 1 aliphatic heterocycles. The Kier molecular flexibility index (Phi) is 6.05. The maximum Gasteiger partial charge on any atom is 0.309 e. The average Bonchev–Trinajstić information content (AvgIpc) is 2.52. The van der Waals surface area contributed by atoms with Crippen LogP contribution in [0.5, 0.6) is 0 Å². The molecule has 0 N–H and O–H groups in total. The van der Waals surface area contributed by atoms with Crippen molar-refractivity contribution in [3.8, 4) is 0 Å². The van der Waals surface area contributed by atoms with Crippen LogP contribution in [0, 0.1) is 23.7 Å². The summed E-state index contributed by atoms with van der Waals surface area (Å²) >= 11 is 0. The standard InChI is InChI=1S/C20H30O2/c1-14(2)7-5-10-18-17-12-11-15(3)8-6-9-16(4)19(17)13-22-20(18)21/h5,7-8,14,17-19H,4,6,9-13H2,1-3H3/b7-5+,15-8+/t17-,18-,19+/m0/s1.